The van der Waals surface area contributed by atoms with Gasteiger partial charge in [0.15, 0.2) is 11.6 Å². The first-order chi connectivity index (χ1) is 7.17. The first kappa shape index (κ1) is 13.5. The molecule has 0 aliphatic heterocycles. The Hall–Kier alpha value is -0.610. The fraction of sp³-hybridized carbons (Fsp3) is 0.500. The zero-order valence-corrected chi connectivity index (χ0v) is 11.0. The Morgan fingerprint density at radius 1 is 1.31 bits per heavy atom. The highest BCUT2D eigenvalue weighted by molar-refractivity contribution is 8.93. The topological polar surface area (TPSA) is 35.2 Å². The molecule has 1 aromatic rings. The van der Waals surface area contributed by atoms with Crippen LogP contribution >= 0.6 is 17.0 Å². The molecule has 0 unspecified atom stereocenters. The average molecular weight is 290 g/mol. The van der Waals surface area contributed by atoms with Gasteiger partial charge in [-0.2, -0.15) is 0 Å². The molecule has 0 spiro atoms. The smallest absolute Gasteiger partial charge is 0.165 e. The fourth-order valence-electron chi connectivity index (χ4n) is 2.38. The SMILES string of the molecule is Br.COc1c(F)cccc1C1(N)CCCC1. The van der Waals surface area contributed by atoms with Gasteiger partial charge in [-0.05, 0) is 18.9 Å². The zero-order valence-electron chi connectivity index (χ0n) is 9.33. The molecule has 0 radical (unpaired) electrons. The van der Waals surface area contributed by atoms with Gasteiger partial charge in [0.05, 0.1) is 7.11 Å². The molecule has 16 heavy (non-hydrogen) atoms. The molecule has 0 saturated heterocycles. The van der Waals surface area contributed by atoms with E-state index in [9.17, 15) is 4.39 Å². The van der Waals surface area contributed by atoms with Gasteiger partial charge >= 0.3 is 0 Å². The van der Waals surface area contributed by atoms with Crippen LogP contribution in [0.25, 0.3) is 0 Å². The molecule has 1 saturated carbocycles. The van der Waals surface area contributed by atoms with Crippen LogP contribution in [0.3, 0.4) is 0 Å². The Balaban J connectivity index is 0.00000128. The molecule has 0 aromatic heterocycles. The standard InChI is InChI=1S/C12H16FNO.BrH/c1-15-11-9(5-4-6-10(11)13)12(14)7-2-3-8-12;/h4-6H,2-3,7-8,14H2,1H3;1H. The first-order valence-corrected chi connectivity index (χ1v) is 5.29. The number of nitrogens with two attached hydrogens (primary N) is 1. The highest BCUT2D eigenvalue weighted by atomic mass is 79.9. The van der Waals surface area contributed by atoms with Crippen molar-refractivity contribution in [1.82, 2.24) is 0 Å². The number of rotatable bonds is 2. The van der Waals surface area contributed by atoms with Gasteiger partial charge < -0.3 is 10.5 Å². The first-order valence-electron chi connectivity index (χ1n) is 5.29. The Morgan fingerprint density at radius 2 is 1.94 bits per heavy atom. The number of hydrogen-bond donors (Lipinski definition) is 1. The van der Waals surface area contributed by atoms with Gasteiger partial charge in [-0.3, -0.25) is 0 Å². The zero-order chi connectivity index (χ0) is 10.9. The number of hydrogen-bond acceptors (Lipinski definition) is 2. The van der Waals surface area contributed by atoms with E-state index in [1.807, 2.05) is 6.07 Å². The van der Waals surface area contributed by atoms with Gasteiger partial charge in [-0.15, -0.1) is 17.0 Å². The molecule has 0 amide bonds. The van der Waals surface area contributed by atoms with Crippen molar-refractivity contribution in [2.45, 2.75) is 31.2 Å². The third-order valence-corrected chi connectivity index (χ3v) is 3.20. The lowest BCUT2D eigenvalue weighted by Crippen LogP contribution is -2.33. The van der Waals surface area contributed by atoms with E-state index in [1.165, 1.54) is 13.2 Å². The minimum absolute atomic E-state index is 0. The predicted octanol–water partition coefficient (Wildman–Crippen LogP) is 3.14. The summed E-state index contributed by atoms with van der Waals surface area (Å²) in [7, 11) is 1.49. The number of methoxy groups -OCH3 is 1. The summed E-state index contributed by atoms with van der Waals surface area (Å²) in [5.41, 5.74) is 6.69. The Morgan fingerprint density at radius 3 is 2.50 bits per heavy atom. The van der Waals surface area contributed by atoms with Crippen LogP contribution in [-0.4, -0.2) is 7.11 Å². The Labute approximate surface area is 106 Å². The van der Waals surface area contributed by atoms with Gasteiger partial charge in [0.25, 0.3) is 0 Å². The van der Waals surface area contributed by atoms with E-state index < -0.39 is 5.54 Å². The molecule has 1 aliphatic carbocycles. The number of para-hydroxylation sites is 1. The van der Waals surface area contributed by atoms with Crippen molar-refractivity contribution >= 4 is 17.0 Å². The number of ether oxygens (including phenoxy) is 1. The molecular weight excluding hydrogens is 273 g/mol. The summed E-state index contributed by atoms with van der Waals surface area (Å²) in [5, 5.41) is 0. The van der Waals surface area contributed by atoms with E-state index in [4.69, 9.17) is 10.5 Å². The second-order valence-electron chi connectivity index (χ2n) is 4.18. The molecule has 2 rings (SSSR count). The monoisotopic (exact) mass is 289 g/mol. The van der Waals surface area contributed by atoms with Crippen LogP contribution < -0.4 is 10.5 Å². The van der Waals surface area contributed by atoms with Crippen LogP contribution in [0.2, 0.25) is 0 Å². The number of halogens is 2. The normalized spacial score (nSPS) is 17.9. The maximum absolute atomic E-state index is 13.5. The van der Waals surface area contributed by atoms with E-state index in [0.29, 0.717) is 5.75 Å². The Bertz CT molecular complexity index is 364. The van der Waals surface area contributed by atoms with Crippen molar-refractivity contribution in [2.75, 3.05) is 7.11 Å². The van der Waals surface area contributed by atoms with E-state index in [0.717, 1.165) is 31.2 Å². The molecule has 1 fully saturated rings. The maximum Gasteiger partial charge on any atom is 0.165 e. The lowest BCUT2D eigenvalue weighted by molar-refractivity contribution is 0.357. The van der Waals surface area contributed by atoms with Crippen LogP contribution in [0, 0.1) is 5.82 Å². The average Bonchev–Trinajstić information content (AvgIpc) is 2.66. The minimum atomic E-state index is -0.395. The van der Waals surface area contributed by atoms with Gasteiger partial charge in [0.2, 0.25) is 0 Å². The van der Waals surface area contributed by atoms with Gasteiger partial charge in [-0.1, -0.05) is 25.0 Å². The fourth-order valence-corrected chi connectivity index (χ4v) is 2.38. The van der Waals surface area contributed by atoms with E-state index in [1.54, 1.807) is 6.07 Å². The third kappa shape index (κ3) is 2.23. The summed E-state index contributed by atoms with van der Waals surface area (Å²) in [6, 6.07) is 4.97. The second kappa shape index (κ2) is 5.15. The highest BCUT2D eigenvalue weighted by Crippen LogP contribution is 2.41. The highest BCUT2D eigenvalue weighted by Gasteiger charge is 2.34. The predicted molar refractivity (Wildman–Crippen MR) is 67.6 cm³/mol. The molecule has 1 aromatic carbocycles. The molecule has 4 heteroatoms. The van der Waals surface area contributed by atoms with Crippen molar-refractivity contribution in [3.05, 3.63) is 29.6 Å². The summed E-state index contributed by atoms with van der Waals surface area (Å²) in [4.78, 5) is 0. The minimum Gasteiger partial charge on any atom is -0.493 e. The maximum atomic E-state index is 13.5. The van der Waals surface area contributed by atoms with Crippen LogP contribution in [0.5, 0.6) is 5.75 Å². The molecule has 90 valence electrons. The quantitative estimate of drug-likeness (QED) is 0.908. The summed E-state index contributed by atoms with van der Waals surface area (Å²) >= 11 is 0. The number of benzene rings is 1. The van der Waals surface area contributed by atoms with Crippen molar-refractivity contribution in [1.29, 1.82) is 0 Å². The van der Waals surface area contributed by atoms with E-state index in [-0.39, 0.29) is 22.8 Å². The molecule has 2 N–H and O–H groups in total. The van der Waals surface area contributed by atoms with Crippen LogP contribution in [0.1, 0.15) is 31.2 Å². The summed E-state index contributed by atoms with van der Waals surface area (Å²) in [6.07, 6.45) is 4.03. The summed E-state index contributed by atoms with van der Waals surface area (Å²) in [5.74, 6) is -0.0198. The lowest BCUT2D eigenvalue weighted by Gasteiger charge is -2.26. The van der Waals surface area contributed by atoms with E-state index in [2.05, 4.69) is 0 Å². The largest absolute Gasteiger partial charge is 0.493 e. The van der Waals surface area contributed by atoms with Crippen molar-refractivity contribution < 1.29 is 9.13 Å². The van der Waals surface area contributed by atoms with Crippen molar-refractivity contribution in [2.24, 2.45) is 5.73 Å². The van der Waals surface area contributed by atoms with Gasteiger partial charge in [0.1, 0.15) is 0 Å². The van der Waals surface area contributed by atoms with Crippen LogP contribution in [-0.2, 0) is 5.54 Å². The molecule has 1 aliphatic rings. The van der Waals surface area contributed by atoms with Gasteiger partial charge in [-0.25, -0.2) is 4.39 Å². The van der Waals surface area contributed by atoms with Crippen LogP contribution in [0.15, 0.2) is 18.2 Å². The summed E-state index contributed by atoms with van der Waals surface area (Å²) < 4.78 is 18.6. The molecular formula is C12H17BrFNO. The third-order valence-electron chi connectivity index (χ3n) is 3.20. The van der Waals surface area contributed by atoms with E-state index >= 15 is 0 Å². The van der Waals surface area contributed by atoms with Crippen molar-refractivity contribution in [3.8, 4) is 5.75 Å². The summed E-state index contributed by atoms with van der Waals surface area (Å²) in [6.45, 7) is 0. The molecule has 0 atom stereocenters. The lowest BCUT2D eigenvalue weighted by atomic mass is 9.88. The molecule has 0 heterocycles. The Kier molecular flexibility index (Phi) is 4.33. The second-order valence-corrected chi connectivity index (χ2v) is 4.18. The van der Waals surface area contributed by atoms with Gasteiger partial charge in [0, 0.05) is 11.1 Å². The molecule has 2 nitrogen and oxygen atoms in total. The molecule has 0 bridgehead atoms. The van der Waals surface area contributed by atoms with Crippen LogP contribution in [0.4, 0.5) is 4.39 Å². The van der Waals surface area contributed by atoms with Crippen molar-refractivity contribution in [3.63, 3.8) is 0 Å².